The van der Waals surface area contributed by atoms with Crippen LogP contribution in [-0.2, 0) is 11.2 Å². The summed E-state index contributed by atoms with van der Waals surface area (Å²) in [5, 5.41) is 8.04. The maximum absolute atomic E-state index is 12.3. The summed E-state index contributed by atoms with van der Waals surface area (Å²) in [6.45, 7) is 2.40. The highest BCUT2D eigenvalue weighted by molar-refractivity contribution is 5.88. The first-order chi connectivity index (χ1) is 12.0. The lowest BCUT2D eigenvalue weighted by atomic mass is 9.75. The van der Waals surface area contributed by atoms with E-state index < -0.39 is 0 Å². The zero-order valence-corrected chi connectivity index (χ0v) is 14.6. The number of likely N-dealkylation sites (N-methyl/N-ethyl adjacent to an activating group) is 1. The number of urea groups is 1. The van der Waals surface area contributed by atoms with Crippen molar-refractivity contribution in [3.63, 3.8) is 0 Å². The maximum atomic E-state index is 12.3. The van der Waals surface area contributed by atoms with Gasteiger partial charge in [-0.15, -0.1) is 0 Å². The van der Waals surface area contributed by atoms with Crippen LogP contribution in [0.1, 0.15) is 30.4 Å². The van der Waals surface area contributed by atoms with Crippen LogP contribution in [0.5, 0.6) is 0 Å². The van der Waals surface area contributed by atoms with Crippen LogP contribution >= 0.6 is 0 Å². The molecular weight excluding hydrogens is 316 g/mol. The molecule has 0 bridgehead atoms. The third-order valence-corrected chi connectivity index (χ3v) is 5.44. The molecule has 3 atom stereocenters. The van der Waals surface area contributed by atoms with Gasteiger partial charge >= 0.3 is 6.03 Å². The molecule has 0 spiro atoms. The van der Waals surface area contributed by atoms with Crippen LogP contribution in [0.15, 0.2) is 24.4 Å². The molecule has 1 aliphatic carbocycles. The number of hydrogen-bond donors (Lipinski definition) is 3. The molecule has 0 radical (unpaired) electrons. The first-order valence-electron chi connectivity index (χ1n) is 8.86. The smallest absolute Gasteiger partial charge is 0.317 e. The third-order valence-electron chi connectivity index (χ3n) is 5.44. The summed E-state index contributed by atoms with van der Waals surface area (Å²) in [6.07, 6.45) is 4.06. The number of aromatic nitrogens is 1. The number of carbonyl (C=O) groups is 2. The molecule has 2 aliphatic rings. The van der Waals surface area contributed by atoms with E-state index in [-0.39, 0.29) is 24.4 Å². The largest absolute Gasteiger partial charge is 0.361 e. The van der Waals surface area contributed by atoms with Gasteiger partial charge in [0.1, 0.15) is 5.78 Å². The Kier molecular flexibility index (Phi) is 4.00. The number of piperidine rings is 1. The molecule has 1 aromatic heterocycles. The molecule has 2 amide bonds. The molecule has 1 fully saturated rings. The average molecular weight is 340 g/mol. The summed E-state index contributed by atoms with van der Waals surface area (Å²) in [4.78, 5) is 28.3. The lowest BCUT2D eigenvalue weighted by molar-refractivity contribution is -0.117. The van der Waals surface area contributed by atoms with Crippen LogP contribution in [0.25, 0.3) is 10.9 Å². The van der Waals surface area contributed by atoms with E-state index in [0.29, 0.717) is 12.0 Å². The molecule has 0 unspecified atom stereocenters. The Hall–Kier alpha value is -2.34. The summed E-state index contributed by atoms with van der Waals surface area (Å²) in [7, 11) is 1.66. The van der Waals surface area contributed by atoms with Gasteiger partial charge in [-0.1, -0.05) is 12.1 Å². The normalized spacial score (nSPS) is 24.6. The average Bonchev–Trinajstić information content (AvgIpc) is 2.99. The Balaban J connectivity index is 1.51. The Morgan fingerprint density at radius 3 is 3.00 bits per heavy atom. The summed E-state index contributed by atoms with van der Waals surface area (Å²) in [5.41, 5.74) is 3.94. The highest BCUT2D eigenvalue weighted by Gasteiger charge is 2.36. The van der Waals surface area contributed by atoms with Crippen molar-refractivity contribution in [2.24, 2.45) is 0 Å². The van der Waals surface area contributed by atoms with Gasteiger partial charge in [0, 0.05) is 48.7 Å². The van der Waals surface area contributed by atoms with Crippen LogP contribution in [0.3, 0.4) is 0 Å². The van der Waals surface area contributed by atoms with Crippen molar-refractivity contribution >= 4 is 22.7 Å². The molecule has 4 rings (SSSR count). The van der Waals surface area contributed by atoms with Crippen molar-refractivity contribution in [1.82, 2.24) is 20.5 Å². The van der Waals surface area contributed by atoms with Crippen molar-refractivity contribution in [2.75, 3.05) is 20.1 Å². The molecule has 0 saturated carbocycles. The Labute approximate surface area is 147 Å². The molecule has 1 saturated heterocycles. The zero-order chi connectivity index (χ0) is 17.6. The van der Waals surface area contributed by atoms with Crippen LogP contribution < -0.4 is 10.6 Å². The van der Waals surface area contributed by atoms with E-state index in [9.17, 15) is 9.59 Å². The number of carbonyl (C=O) groups excluding carboxylic acids is 2. The zero-order valence-electron chi connectivity index (χ0n) is 14.6. The minimum atomic E-state index is -0.184. The van der Waals surface area contributed by atoms with Gasteiger partial charge in [-0.2, -0.15) is 0 Å². The van der Waals surface area contributed by atoms with E-state index in [2.05, 4.69) is 40.0 Å². The fraction of sp³-hybridized carbons (Fsp3) is 0.474. The standard InChI is InChI=1S/C19H24N4O2/c1-11(24)10-23(2)19(25)22-13-7-15-14-4-3-5-16-18(14)12(8-20-16)6-17(15)21-9-13/h3-5,8,13,15,17,20-21H,6-7,9-10H2,1-2H3,(H,22,25)/t13-,15+,17+/m0/s1. The molecule has 1 aromatic carbocycles. The summed E-state index contributed by atoms with van der Waals surface area (Å²) >= 11 is 0. The molecule has 1 aliphatic heterocycles. The molecule has 25 heavy (non-hydrogen) atoms. The van der Waals surface area contributed by atoms with E-state index in [4.69, 9.17) is 0 Å². The van der Waals surface area contributed by atoms with Crippen molar-refractivity contribution in [3.8, 4) is 0 Å². The van der Waals surface area contributed by atoms with Crippen molar-refractivity contribution in [3.05, 3.63) is 35.5 Å². The lowest BCUT2D eigenvalue weighted by Crippen LogP contribution is -2.56. The van der Waals surface area contributed by atoms with Gasteiger partial charge in [0.05, 0.1) is 6.54 Å². The van der Waals surface area contributed by atoms with Gasteiger partial charge in [-0.05, 0) is 37.0 Å². The highest BCUT2D eigenvalue weighted by atomic mass is 16.2. The number of hydrogen-bond acceptors (Lipinski definition) is 3. The van der Waals surface area contributed by atoms with Crippen LogP contribution in [-0.4, -0.2) is 53.9 Å². The molecule has 132 valence electrons. The number of benzene rings is 1. The molecule has 6 heteroatoms. The second-order valence-corrected chi connectivity index (χ2v) is 7.35. The van der Waals surface area contributed by atoms with Crippen LogP contribution in [0, 0.1) is 0 Å². The van der Waals surface area contributed by atoms with Gasteiger partial charge in [0.25, 0.3) is 0 Å². The fourth-order valence-electron chi connectivity index (χ4n) is 4.34. The van der Waals surface area contributed by atoms with E-state index in [1.807, 2.05) is 0 Å². The number of nitrogens with zero attached hydrogens (tertiary/aromatic N) is 1. The number of Topliss-reactive ketones (excluding diaryl/α,β-unsaturated/α-hetero) is 1. The highest BCUT2D eigenvalue weighted by Crippen LogP contribution is 2.40. The predicted octanol–water partition coefficient (Wildman–Crippen LogP) is 1.77. The first-order valence-corrected chi connectivity index (χ1v) is 8.86. The van der Waals surface area contributed by atoms with Gasteiger partial charge < -0.3 is 20.5 Å². The topological polar surface area (TPSA) is 77.2 Å². The maximum Gasteiger partial charge on any atom is 0.317 e. The minimum Gasteiger partial charge on any atom is -0.361 e. The molecular formula is C19H24N4O2. The third kappa shape index (κ3) is 2.91. The summed E-state index contributed by atoms with van der Waals surface area (Å²) in [6, 6.07) is 6.73. The Morgan fingerprint density at radius 1 is 1.36 bits per heavy atom. The number of H-pyrrole nitrogens is 1. The van der Waals surface area contributed by atoms with E-state index in [1.54, 1.807) is 7.05 Å². The first kappa shape index (κ1) is 16.1. The fourth-order valence-corrected chi connectivity index (χ4v) is 4.34. The van der Waals surface area contributed by atoms with E-state index in [1.165, 1.54) is 33.9 Å². The van der Waals surface area contributed by atoms with Crippen LogP contribution in [0.2, 0.25) is 0 Å². The summed E-state index contributed by atoms with van der Waals surface area (Å²) < 4.78 is 0. The van der Waals surface area contributed by atoms with Gasteiger partial charge in [-0.25, -0.2) is 4.79 Å². The molecule has 6 nitrogen and oxygen atoms in total. The molecule has 2 aromatic rings. The number of rotatable bonds is 3. The summed E-state index contributed by atoms with van der Waals surface area (Å²) in [5.74, 6) is 0.377. The molecule has 2 heterocycles. The van der Waals surface area contributed by atoms with Gasteiger partial charge in [0.2, 0.25) is 0 Å². The number of nitrogens with one attached hydrogen (secondary N) is 3. The van der Waals surface area contributed by atoms with Crippen molar-refractivity contribution < 1.29 is 9.59 Å². The van der Waals surface area contributed by atoms with Gasteiger partial charge in [0.15, 0.2) is 0 Å². The van der Waals surface area contributed by atoms with E-state index >= 15 is 0 Å². The Morgan fingerprint density at radius 2 is 2.20 bits per heavy atom. The number of amides is 2. The SMILES string of the molecule is CC(=O)CN(C)C(=O)N[C@@H]1CN[C@@H]2Cc3c[nH]c4cccc(c34)[C@H]2C1. The quantitative estimate of drug-likeness (QED) is 0.797. The second kappa shape index (κ2) is 6.19. The Bertz CT molecular complexity index is 828. The van der Waals surface area contributed by atoms with Crippen molar-refractivity contribution in [1.29, 1.82) is 0 Å². The monoisotopic (exact) mass is 340 g/mol. The van der Waals surface area contributed by atoms with Crippen LogP contribution in [0.4, 0.5) is 4.79 Å². The lowest BCUT2D eigenvalue weighted by Gasteiger charge is -2.40. The van der Waals surface area contributed by atoms with Crippen molar-refractivity contribution in [2.45, 2.75) is 37.8 Å². The number of fused-ring (bicyclic) bond motifs is 2. The number of aromatic amines is 1. The number of ketones is 1. The second-order valence-electron chi connectivity index (χ2n) is 7.35. The molecule has 3 N–H and O–H groups in total. The van der Waals surface area contributed by atoms with E-state index in [0.717, 1.165) is 19.4 Å². The minimum absolute atomic E-state index is 0.0153. The predicted molar refractivity (Wildman–Crippen MR) is 96.8 cm³/mol. The van der Waals surface area contributed by atoms with Gasteiger partial charge in [-0.3, -0.25) is 4.79 Å².